The zero-order chi connectivity index (χ0) is 25.5. The van der Waals surface area contributed by atoms with E-state index in [9.17, 15) is 26.9 Å². The van der Waals surface area contributed by atoms with Gasteiger partial charge in [-0.05, 0) is 43.7 Å². The number of sulfonamides is 1. The van der Waals surface area contributed by atoms with Gasteiger partial charge in [0.25, 0.3) is 0 Å². The normalized spacial score (nSPS) is 14.4. The van der Waals surface area contributed by atoms with Crippen LogP contribution in [0, 0.1) is 11.3 Å². The summed E-state index contributed by atoms with van der Waals surface area (Å²) >= 11 is 0. The van der Waals surface area contributed by atoms with Crippen molar-refractivity contribution in [2.45, 2.75) is 37.4 Å². The molecule has 3 aromatic rings. The van der Waals surface area contributed by atoms with Crippen LogP contribution in [0.1, 0.15) is 25.1 Å². The van der Waals surface area contributed by atoms with Crippen LogP contribution in [-0.2, 0) is 16.4 Å². The number of nitrogens with zero attached hydrogens (tertiary/aromatic N) is 4. The van der Waals surface area contributed by atoms with Gasteiger partial charge in [-0.3, -0.25) is 9.55 Å². The van der Waals surface area contributed by atoms with Crippen molar-refractivity contribution in [3.05, 3.63) is 53.9 Å². The van der Waals surface area contributed by atoms with Crippen molar-refractivity contribution in [1.29, 1.82) is 5.26 Å². The van der Waals surface area contributed by atoms with Crippen molar-refractivity contribution in [3.8, 4) is 23.2 Å². The summed E-state index contributed by atoms with van der Waals surface area (Å²) in [5.41, 5.74) is 2.82. The van der Waals surface area contributed by atoms with Gasteiger partial charge in [0.05, 0.1) is 29.8 Å². The Morgan fingerprint density at radius 2 is 2.03 bits per heavy atom. The van der Waals surface area contributed by atoms with Gasteiger partial charge >= 0.3 is 6.18 Å². The van der Waals surface area contributed by atoms with Gasteiger partial charge in [0.1, 0.15) is 28.4 Å². The first-order valence-corrected chi connectivity index (χ1v) is 12.0. The maximum Gasteiger partial charge on any atom is 0.404 e. The lowest BCUT2D eigenvalue weighted by Crippen LogP contribution is -2.42. The molecule has 0 spiro atoms. The summed E-state index contributed by atoms with van der Waals surface area (Å²) in [4.78, 5) is 8.46. The summed E-state index contributed by atoms with van der Waals surface area (Å²) in [6.45, 7) is 2.63. The van der Waals surface area contributed by atoms with Crippen LogP contribution >= 0.6 is 0 Å². The molecule has 1 N–H and O–H groups in total. The molecule has 12 heteroatoms. The van der Waals surface area contributed by atoms with Gasteiger partial charge in [0.15, 0.2) is 0 Å². The molecule has 0 aliphatic heterocycles. The number of hydrogen-bond acceptors (Lipinski definition) is 6. The number of aryl methyl sites for hydroxylation is 1. The minimum atomic E-state index is -4.74. The molecule has 0 saturated heterocycles. The van der Waals surface area contributed by atoms with E-state index in [1.54, 1.807) is 15.4 Å². The number of nitrogens with one attached hydrogen (secondary N) is 1. The van der Waals surface area contributed by atoms with E-state index in [0.29, 0.717) is 41.5 Å². The maximum absolute atomic E-state index is 12.8. The predicted octanol–water partition coefficient (Wildman–Crippen LogP) is 4.18. The summed E-state index contributed by atoms with van der Waals surface area (Å²) in [7, 11) is -2.96. The Balaban J connectivity index is 1.87. The van der Waals surface area contributed by atoms with Crippen LogP contribution in [0.5, 0.6) is 5.75 Å². The quantitative estimate of drug-likeness (QED) is 0.518. The van der Waals surface area contributed by atoms with Crippen LogP contribution in [0.15, 0.2) is 47.5 Å². The molecule has 1 unspecified atom stereocenters. The maximum atomic E-state index is 12.8. The first kappa shape index (κ1) is 24.4. The number of methoxy groups -OCH3 is 1. The fraction of sp³-hybridized carbons (Fsp3) is 0.261. The number of aromatic nitrogens is 3. The number of ether oxygens (including phenoxy) is 1. The Labute approximate surface area is 199 Å². The molecule has 0 amide bonds. The fourth-order valence-electron chi connectivity index (χ4n) is 3.64. The molecule has 0 fully saturated rings. The lowest BCUT2D eigenvalue weighted by molar-refractivity contribution is -0.147. The predicted molar refractivity (Wildman–Crippen MR) is 123 cm³/mol. The third-order valence-electron chi connectivity index (χ3n) is 5.55. The van der Waals surface area contributed by atoms with Crippen LogP contribution < -0.4 is 9.46 Å². The molecule has 4 rings (SSSR count). The van der Waals surface area contributed by atoms with E-state index >= 15 is 0 Å². The smallest absolute Gasteiger partial charge is 0.404 e. The molecule has 35 heavy (non-hydrogen) atoms. The second-order valence-electron chi connectivity index (χ2n) is 7.75. The van der Waals surface area contributed by atoms with Crippen molar-refractivity contribution in [2.24, 2.45) is 0 Å². The molecular formula is C23H20F3N5O3S. The number of nitriles is 1. The Hall–Kier alpha value is -3.69. The van der Waals surface area contributed by atoms with Crippen molar-refractivity contribution >= 4 is 26.8 Å². The molecule has 8 nitrogen and oxygen atoms in total. The molecule has 0 radical (unpaired) electrons. The lowest BCUT2D eigenvalue weighted by Gasteiger charge is -2.17. The summed E-state index contributed by atoms with van der Waals surface area (Å²) in [5, 5.41) is 10.5. The van der Waals surface area contributed by atoms with E-state index in [1.165, 1.54) is 13.2 Å². The molecule has 1 aliphatic rings. The highest BCUT2D eigenvalue weighted by molar-refractivity contribution is 7.89. The van der Waals surface area contributed by atoms with Crippen LogP contribution in [0.2, 0.25) is 0 Å². The highest BCUT2D eigenvalue weighted by Gasteiger charge is 2.39. The van der Waals surface area contributed by atoms with Crippen molar-refractivity contribution in [1.82, 2.24) is 19.3 Å². The number of alkyl halides is 3. The van der Waals surface area contributed by atoms with Gasteiger partial charge in [-0.1, -0.05) is 13.0 Å². The number of allylic oxidation sites excluding steroid dienone is 4. The van der Waals surface area contributed by atoms with E-state index in [0.717, 1.165) is 18.0 Å². The Morgan fingerprint density at radius 1 is 1.31 bits per heavy atom. The standard InChI is InChI=1S/C23H20F3N5O3S/c1-4-18-20(34-3)10-16-17(11-27)21(31(22(16)29-18)14-6-5-7-14)19-9-8-15(12-28-19)35(32,33)30-13(2)23(24,25)26/h5-10,12-13,30H,4H2,1-3H3. The van der Waals surface area contributed by atoms with Crippen LogP contribution in [0.25, 0.3) is 28.1 Å². The average Bonchev–Trinajstić information content (AvgIpc) is 3.09. The molecule has 3 aromatic heterocycles. The molecule has 1 atom stereocenters. The topological polar surface area (TPSA) is 110 Å². The number of fused-ring (bicyclic) bond motifs is 1. The number of pyridine rings is 2. The SMILES string of the molecule is CCc1nc2c(cc1OC)c(C#N)c(-c1ccc(S(=O)(=O)NC(C)C(F)(F)F)cn1)n2C1=CC=C1. The third kappa shape index (κ3) is 4.28. The van der Waals surface area contributed by atoms with E-state index in [4.69, 9.17) is 9.72 Å². The molecule has 182 valence electrons. The molecule has 1 aliphatic carbocycles. The van der Waals surface area contributed by atoms with Crippen LogP contribution in [0.4, 0.5) is 13.2 Å². The summed E-state index contributed by atoms with van der Waals surface area (Å²) < 4.78 is 72.1. The molecular weight excluding hydrogens is 483 g/mol. The summed E-state index contributed by atoms with van der Waals surface area (Å²) in [5.74, 6) is 0.526. The first-order valence-electron chi connectivity index (χ1n) is 10.5. The fourth-order valence-corrected chi connectivity index (χ4v) is 4.81. The van der Waals surface area contributed by atoms with Crippen LogP contribution in [-0.4, -0.2) is 42.3 Å². The minimum absolute atomic E-state index is 0.251. The van der Waals surface area contributed by atoms with Gasteiger partial charge in [-0.2, -0.15) is 23.2 Å². The zero-order valence-corrected chi connectivity index (χ0v) is 19.7. The number of hydrogen-bond donors (Lipinski definition) is 1. The van der Waals surface area contributed by atoms with E-state index in [1.807, 2.05) is 25.2 Å². The monoisotopic (exact) mass is 503 g/mol. The van der Waals surface area contributed by atoms with Gasteiger partial charge in [0, 0.05) is 17.3 Å². The highest BCUT2D eigenvalue weighted by Crippen LogP contribution is 2.38. The van der Waals surface area contributed by atoms with Gasteiger partial charge in [-0.25, -0.2) is 13.4 Å². The molecule has 0 bridgehead atoms. The Kier molecular flexibility index (Phi) is 6.16. The van der Waals surface area contributed by atoms with Crippen molar-refractivity contribution < 1.29 is 26.3 Å². The van der Waals surface area contributed by atoms with E-state index in [-0.39, 0.29) is 11.3 Å². The number of rotatable bonds is 7. The largest absolute Gasteiger partial charge is 0.495 e. The zero-order valence-electron chi connectivity index (χ0n) is 18.9. The average molecular weight is 504 g/mol. The Morgan fingerprint density at radius 3 is 2.51 bits per heavy atom. The van der Waals surface area contributed by atoms with Crippen molar-refractivity contribution in [3.63, 3.8) is 0 Å². The van der Waals surface area contributed by atoms with E-state index < -0.39 is 27.1 Å². The van der Waals surface area contributed by atoms with Crippen LogP contribution in [0.3, 0.4) is 0 Å². The minimum Gasteiger partial charge on any atom is -0.495 e. The van der Waals surface area contributed by atoms with Gasteiger partial charge in [-0.15, -0.1) is 0 Å². The van der Waals surface area contributed by atoms with E-state index in [2.05, 4.69) is 11.1 Å². The molecule has 3 heterocycles. The molecule has 0 saturated carbocycles. The van der Waals surface area contributed by atoms with Crippen molar-refractivity contribution in [2.75, 3.05) is 7.11 Å². The second kappa shape index (κ2) is 8.83. The van der Waals surface area contributed by atoms with Gasteiger partial charge in [0.2, 0.25) is 10.0 Å². The number of halogens is 3. The first-order chi connectivity index (χ1) is 16.5. The second-order valence-corrected chi connectivity index (χ2v) is 9.46. The molecule has 0 aromatic carbocycles. The highest BCUT2D eigenvalue weighted by atomic mass is 32.2. The third-order valence-corrected chi connectivity index (χ3v) is 7.08. The summed E-state index contributed by atoms with van der Waals surface area (Å²) in [6, 6.07) is 4.12. The Bertz CT molecular complexity index is 1520. The van der Waals surface area contributed by atoms with Gasteiger partial charge < -0.3 is 4.74 Å². The lowest BCUT2D eigenvalue weighted by atomic mass is 10.1. The summed E-state index contributed by atoms with van der Waals surface area (Å²) in [6.07, 6.45) is 2.27.